The minimum absolute atomic E-state index is 0.0200. The summed E-state index contributed by atoms with van der Waals surface area (Å²) in [6.07, 6.45) is -0.829. The van der Waals surface area contributed by atoms with Crippen LogP contribution in [-0.4, -0.2) is 37.1 Å². The van der Waals surface area contributed by atoms with Crippen LogP contribution in [0.2, 0.25) is 0 Å². The predicted octanol–water partition coefficient (Wildman–Crippen LogP) is 5.10. The number of aromatic nitrogens is 4. The molecular weight excluding hydrogens is 439 g/mol. The summed E-state index contributed by atoms with van der Waals surface area (Å²) in [5.74, 6) is 0.547. The standard InChI is InChI=1S/C22H20F3N5O3/c1-12(2)18-9-14(28-33-18)16-5-3-7-29(16)21(31)13-11-26-30-19(22(23,24)25)10-15(27-20(13)30)17-6-4-8-32-17/h4,6,8-12,16H,3,5,7H2,1-2H3/t16-/m0/s1. The molecule has 0 unspecified atom stereocenters. The summed E-state index contributed by atoms with van der Waals surface area (Å²) in [5, 5.41) is 7.97. The number of hydrogen-bond acceptors (Lipinski definition) is 6. The third-order valence-corrected chi connectivity index (χ3v) is 5.74. The number of amides is 1. The van der Waals surface area contributed by atoms with Crippen molar-refractivity contribution in [1.29, 1.82) is 0 Å². The minimum atomic E-state index is -4.71. The first-order chi connectivity index (χ1) is 15.7. The molecule has 1 fully saturated rings. The Bertz CT molecular complexity index is 1310. The van der Waals surface area contributed by atoms with Crippen molar-refractivity contribution in [3.05, 3.63) is 59.4 Å². The summed E-state index contributed by atoms with van der Waals surface area (Å²) in [7, 11) is 0. The van der Waals surface area contributed by atoms with Gasteiger partial charge in [-0.25, -0.2) is 9.50 Å². The number of rotatable bonds is 4. The van der Waals surface area contributed by atoms with Crippen molar-refractivity contribution >= 4 is 11.6 Å². The Hall–Kier alpha value is -3.63. The first-order valence-electron chi connectivity index (χ1n) is 10.5. The average Bonchev–Trinajstić information content (AvgIpc) is 3.57. The first-order valence-corrected chi connectivity index (χ1v) is 10.5. The number of carbonyl (C=O) groups excluding carboxylic acids is 1. The van der Waals surface area contributed by atoms with Gasteiger partial charge in [0.25, 0.3) is 5.91 Å². The SMILES string of the molecule is CC(C)c1cc([C@@H]2CCCN2C(=O)c2cnn3c(C(F)(F)F)cc(-c4ccco4)nc23)no1. The molecule has 0 radical (unpaired) electrons. The molecule has 0 saturated carbocycles. The van der Waals surface area contributed by atoms with Gasteiger partial charge >= 0.3 is 6.18 Å². The van der Waals surface area contributed by atoms with Crippen LogP contribution >= 0.6 is 0 Å². The van der Waals surface area contributed by atoms with Crippen LogP contribution in [0, 0.1) is 0 Å². The highest BCUT2D eigenvalue weighted by Gasteiger charge is 2.38. The van der Waals surface area contributed by atoms with Gasteiger partial charge in [-0.2, -0.15) is 18.3 Å². The molecule has 5 heterocycles. The van der Waals surface area contributed by atoms with E-state index in [0.29, 0.717) is 28.9 Å². The molecule has 0 aromatic carbocycles. The quantitative estimate of drug-likeness (QED) is 0.422. The van der Waals surface area contributed by atoms with Crippen molar-refractivity contribution in [3.63, 3.8) is 0 Å². The van der Waals surface area contributed by atoms with Crippen molar-refractivity contribution in [1.82, 2.24) is 24.7 Å². The highest BCUT2D eigenvalue weighted by Crippen LogP contribution is 2.36. The van der Waals surface area contributed by atoms with Gasteiger partial charge in [0.2, 0.25) is 0 Å². The van der Waals surface area contributed by atoms with Crippen LogP contribution in [0.25, 0.3) is 17.1 Å². The minimum Gasteiger partial charge on any atom is -0.463 e. The molecule has 0 spiro atoms. The molecule has 1 amide bonds. The van der Waals surface area contributed by atoms with Gasteiger partial charge in [-0.1, -0.05) is 19.0 Å². The number of nitrogens with zero attached hydrogens (tertiary/aromatic N) is 5. The van der Waals surface area contributed by atoms with Gasteiger partial charge in [0.15, 0.2) is 17.1 Å². The smallest absolute Gasteiger partial charge is 0.433 e. The lowest BCUT2D eigenvalue weighted by Crippen LogP contribution is -2.30. The average molecular weight is 459 g/mol. The second-order valence-electron chi connectivity index (χ2n) is 8.26. The Morgan fingerprint density at radius 1 is 1.27 bits per heavy atom. The molecule has 33 heavy (non-hydrogen) atoms. The molecular formula is C22H20F3N5O3. The van der Waals surface area contributed by atoms with E-state index in [1.807, 2.05) is 19.9 Å². The summed E-state index contributed by atoms with van der Waals surface area (Å²) in [6, 6.07) is 5.40. The van der Waals surface area contributed by atoms with E-state index in [4.69, 9.17) is 8.94 Å². The van der Waals surface area contributed by atoms with Crippen LogP contribution in [0.3, 0.4) is 0 Å². The molecule has 4 aromatic rings. The Balaban J connectivity index is 1.58. The third kappa shape index (κ3) is 3.66. The second-order valence-corrected chi connectivity index (χ2v) is 8.26. The summed E-state index contributed by atoms with van der Waals surface area (Å²) < 4.78 is 52.6. The maximum absolute atomic E-state index is 13.8. The maximum atomic E-state index is 13.8. The lowest BCUT2D eigenvalue weighted by Gasteiger charge is -2.22. The van der Waals surface area contributed by atoms with E-state index < -0.39 is 17.8 Å². The summed E-state index contributed by atoms with van der Waals surface area (Å²) >= 11 is 0. The van der Waals surface area contributed by atoms with Crippen LogP contribution in [-0.2, 0) is 6.18 Å². The van der Waals surface area contributed by atoms with Gasteiger partial charge in [0.05, 0.1) is 18.5 Å². The number of fused-ring (bicyclic) bond motifs is 1. The Kier molecular flexibility index (Phi) is 4.98. The summed E-state index contributed by atoms with van der Waals surface area (Å²) in [5.41, 5.74) is -0.663. The van der Waals surface area contributed by atoms with E-state index in [0.717, 1.165) is 18.7 Å². The number of halogens is 3. The van der Waals surface area contributed by atoms with Crippen LogP contribution in [0.5, 0.6) is 0 Å². The fourth-order valence-electron chi connectivity index (χ4n) is 4.07. The predicted molar refractivity (Wildman–Crippen MR) is 109 cm³/mol. The summed E-state index contributed by atoms with van der Waals surface area (Å²) in [4.78, 5) is 19.4. The molecule has 11 heteroatoms. The van der Waals surface area contributed by atoms with Crippen LogP contribution in [0.1, 0.15) is 66.2 Å². The van der Waals surface area contributed by atoms with Crippen LogP contribution < -0.4 is 0 Å². The number of carbonyl (C=O) groups is 1. The Labute approximate surface area is 186 Å². The van der Waals surface area contributed by atoms with Gasteiger partial charge in [0, 0.05) is 18.5 Å². The molecule has 0 N–H and O–H groups in total. The van der Waals surface area contributed by atoms with E-state index in [1.54, 1.807) is 11.0 Å². The van der Waals surface area contributed by atoms with Crippen molar-refractivity contribution in [2.75, 3.05) is 6.54 Å². The van der Waals surface area contributed by atoms with Gasteiger partial charge < -0.3 is 13.8 Å². The van der Waals surface area contributed by atoms with E-state index in [-0.39, 0.29) is 34.6 Å². The van der Waals surface area contributed by atoms with Crippen molar-refractivity contribution in [2.45, 2.75) is 44.8 Å². The zero-order chi connectivity index (χ0) is 23.3. The lowest BCUT2D eigenvalue weighted by molar-refractivity contribution is -0.142. The fourth-order valence-corrected chi connectivity index (χ4v) is 4.07. The zero-order valence-corrected chi connectivity index (χ0v) is 17.8. The highest BCUT2D eigenvalue weighted by molar-refractivity contribution is 6.00. The highest BCUT2D eigenvalue weighted by atomic mass is 19.4. The molecule has 4 aromatic heterocycles. The van der Waals surface area contributed by atoms with Gasteiger partial charge in [-0.15, -0.1) is 0 Å². The van der Waals surface area contributed by atoms with Crippen LogP contribution in [0.15, 0.2) is 45.7 Å². The molecule has 172 valence electrons. The zero-order valence-electron chi connectivity index (χ0n) is 17.8. The second kappa shape index (κ2) is 7.75. The van der Waals surface area contributed by atoms with E-state index >= 15 is 0 Å². The molecule has 1 aliphatic heterocycles. The molecule has 0 aliphatic carbocycles. The number of likely N-dealkylation sites (tertiary alicyclic amines) is 1. The van der Waals surface area contributed by atoms with Crippen molar-refractivity contribution in [3.8, 4) is 11.5 Å². The largest absolute Gasteiger partial charge is 0.463 e. The third-order valence-electron chi connectivity index (χ3n) is 5.74. The molecule has 1 saturated heterocycles. The fraction of sp³-hybridized carbons (Fsp3) is 0.364. The lowest BCUT2D eigenvalue weighted by atomic mass is 10.1. The molecule has 8 nitrogen and oxygen atoms in total. The van der Waals surface area contributed by atoms with E-state index in [9.17, 15) is 18.0 Å². The summed E-state index contributed by atoms with van der Waals surface area (Å²) in [6.45, 7) is 4.39. The Morgan fingerprint density at radius 2 is 2.09 bits per heavy atom. The topological polar surface area (TPSA) is 89.7 Å². The van der Waals surface area contributed by atoms with E-state index in [2.05, 4.69) is 15.2 Å². The normalized spacial score (nSPS) is 16.9. The monoisotopic (exact) mass is 459 g/mol. The van der Waals surface area contributed by atoms with Crippen LogP contribution in [0.4, 0.5) is 13.2 Å². The maximum Gasteiger partial charge on any atom is 0.433 e. The van der Waals surface area contributed by atoms with Crippen molar-refractivity contribution < 1.29 is 26.9 Å². The molecule has 5 rings (SSSR count). The molecule has 1 atom stereocenters. The number of hydrogen-bond donors (Lipinski definition) is 0. The molecule has 1 aliphatic rings. The number of furan rings is 1. The van der Waals surface area contributed by atoms with E-state index in [1.165, 1.54) is 12.3 Å². The number of alkyl halides is 3. The van der Waals surface area contributed by atoms with Gasteiger partial charge in [-0.3, -0.25) is 4.79 Å². The Morgan fingerprint density at radius 3 is 2.76 bits per heavy atom. The van der Waals surface area contributed by atoms with Crippen molar-refractivity contribution in [2.24, 2.45) is 0 Å². The van der Waals surface area contributed by atoms with Gasteiger partial charge in [-0.05, 0) is 31.0 Å². The first kappa shape index (κ1) is 21.2. The molecule has 0 bridgehead atoms. The van der Waals surface area contributed by atoms with Gasteiger partial charge in [0.1, 0.15) is 22.7 Å².